The molecule has 0 radical (unpaired) electrons. The van der Waals surface area contributed by atoms with Gasteiger partial charge in [0.15, 0.2) is 0 Å². The largest absolute Gasteiger partial charge is 0.371 e. The van der Waals surface area contributed by atoms with Crippen LogP contribution in [0.5, 0.6) is 0 Å². The smallest absolute Gasteiger partial charge is 0.0735 e. The van der Waals surface area contributed by atoms with Crippen LogP contribution < -0.4 is 5.32 Å². The molecular weight excluding hydrogens is 246 g/mol. The maximum absolute atomic E-state index is 6.39. The van der Waals surface area contributed by atoms with E-state index in [0.717, 1.165) is 6.54 Å². The van der Waals surface area contributed by atoms with Crippen LogP contribution in [0.4, 0.5) is 0 Å². The Morgan fingerprint density at radius 3 is 1.85 bits per heavy atom. The van der Waals surface area contributed by atoms with Gasteiger partial charge in [0, 0.05) is 6.04 Å². The Labute approximate surface area is 127 Å². The van der Waals surface area contributed by atoms with Gasteiger partial charge >= 0.3 is 0 Å². The second-order valence-electron chi connectivity index (χ2n) is 7.34. The van der Waals surface area contributed by atoms with E-state index in [1.165, 1.54) is 64.2 Å². The summed E-state index contributed by atoms with van der Waals surface area (Å²) in [4.78, 5) is 0. The number of hydrogen-bond donors (Lipinski definition) is 1. The van der Waals surface area contributed by atoms with Gasteiger partial charge in [-0.15, -0.1) is 0 Å². The summed E-state index contributed by atoms with van der Waals surface area (Å²) in [5, 5.41) is 3.68. The van der Waals surface area contributed by atoms with Crippen molar-refractivity contribution < 1.29 is 4.74 Å². The van der Waals surface area contributed by atoms with E-state index in [-0.39, 0.29) is 5.60 Å². The molecule has 1 aliphatic carbocycles. The summed E-state index contributed by atoms with van der Waals surface area (Å²) in [5.74, 6) is 0. The molecule has 0 bridgehead atoms. The molecule has 2 atom stereocenters. The maximum Gasteiger partial charge on any atom is 0.0735 e. The molecule has 2 unspecified atom stereocenters. The van der Waals surface area contributed by atoms with Crippen LogP contribution >= 0.6 is 0 Å². The minimum Gasteiger partial charge on any atom is -0.371 e. The Bertz CT molecular complexity index is 234. The van der Waals surface area contributed by atoms with E-state index < -0.39 is 0 Å². The minimum atomic E-state index is -0.0323. The molecule has 0 saturated heterocycles. The molecule has 0 amide bonds. The van der Waals surface area contributed by atoms with Gasteiger partial charge in [0.1, 0.15) is 0 Å². The highest BCUT2D eigenvalue weighted by Crippen LogP contribution is 2.23. The highest BCUT2D eigenvalue weighted by atomic mass is 16.5. The molecule has 2 heteroatoms. The number of nitrogens with one attached hydrogen (secondary N) is 1. The van der Waals surface area contributed by atoms with Crippen molar-refractivity contribution in [3.63, 3.8) is 0 Å². The van der Waals surface area contributed by atoms with Gasteiger partial charge in [0.05, 0.1) is 11.7 Å². The molecule has 1 N–H and O–H groups in total. The molecule has 2 nitrogen and oxygen atoms in total. The first-order chi connectivity index (χ1) is 9.53. The average Bonchev–Trinajstić information content (AvgIpc) is 2.35. The van der Waals surface area contributed by atoms with Crippen molar-refractivity contribution in [2.45, 2.75) is 110 Å². The standard InChI is InChI=1S/C18H37NO/c1-5-19-16-14-12-10-8-6-7-9-11-13-15-17(16)20-18(2,3)4/h16-17,19H,5-15H2,1-4H3. The third-order valence-corrected chi connectivity index (χ3v) is 4.17. The normalized spacial score (nSPS) is 27.6. The van der Waals surface area contributed by atoms with Crippen LogP contribution in [0.3, 0.4) is 0 Å². The van der Waals surface area contributed by atoms with E-state index in [4.69, 9.17) is 4.74 Å². The highest BCUT2D eigenvalue weighted by molar-refractivity contribution is 4.80. The van der Waals surface area contributed by atoms with Crippen molar-refractivity contribution >= 4 is 0 Å². The van der Waals surface area contributed by atoms with Crippen molar-refractivity contribution in [3.05, 3.63) is 0 Å². The molecular formula is C18H37NO. The summed E-state index contributed by atoms with van der Waals surface area (Å²) in [6, 6.07) is 0.540. The van der Waals surface area contributed by atoms with Gasteiger partial charge in [-0.2, -0.15) is 0 Å². The summed E-state index contributed by atoms with van der Waals surface area (Å²) >= 11 is 0. The third kappa shape index (κ3) is 8.26. The van der Waals surface area contributed by atoms with Gasteiger partial charge < -0.3 is 10.1 Å². The second kappa shape index (κ2) is 9.78. The number of ether oxygens (including phenoxy) is 1. The van der Waals surface area contributed by atoms with Gasteiger partial charge in [-0.3, -0.25) is 0 Å². The van der Waals surface area contributed by atoms with Crippen LogP contribution in [0.25, 0.3) is 0 Å². The molecule has 0 aromatic heterocycles. The van der Waals surface area contributed by atoms with E-state index in [9.17, 15) is 0 Å². The van der Waals surface area contributed by atoms with Gasteiger partial charge in [0.25, 0.3) is 0 Å². The predicted octanol–water partition coefficient (Wildman–Crippen LogP) is 5.06. The van der Waals surface area contributed by atoms with Crippen LogP contribution in [-0.4, -0.2) is 24.3 Å². The zero-order valence-corrected chi connectivity index (χ0v) is 14.3. The zero-order chi connectivity index (χ0) is 14.8. The van der Waals surface area contributed by atoms with E-state index in [1.807, 2.05) is 0 Å². The summed E-state index contributed by atoms with van der Waals surface area (Å²) < 4.78 is 6.39. The van der Waals surface area contributed by atoms with Gasteiger partial charge in [-0.25, -0.2) is 0 Å². The van der Waals surface area contributed by atoms with Crippen LogP contribution in [0.15, 0.2) is 0 Å². The Hall–Kier alpha value is -0.0800. The fraction of sp³-hybridized carbons (Fsp3) is 1.00. The quantitative estimate of drug-likeness (QED) is 0.781. The maximum atomic E-state index is 6.39. The van der Waals surface area contributed by atoms with Crippen LogP contribution in [-0.2, 0) is 4.74 Å². The number of rotatable bonds is 3. The van der Waals surface area contributed by atoms with Crippen molar-refractivity contribution in [1.29, 1.82) is 0 Å². The van der Waals surface area contributed by atoms with Crippen molar-refractivity contribution in [3.8, 4) is 0 Å². The first kappa shape index (κ1) is 18.0. The van der Waals surface area contributed by atoms with Gasteiger partial charge in [-0.1, -0.05) is 58.3 Å². The minimum absolute atomic E-state index is 0.0323. The first-order valence-electron chi connectivity index (χ1n) is 8.94. The van der Waals surface area contributed by atoms with Gasteiger partial charge in [-0.05, 0) is 40.2 Å². The van der Waals surface area contributed by atoms with E-state index in [0.29, 0.717) is 12.1 Å². The van der Waals surface area contributed by atoms with Crippen molar-refractivity contribution in [1.82, 2.24) is 5.32 Å². The van der Waals surface area contributed by atoms with Gasteiger partial charge in [0.2, 0.25) is 0 Å². The SMILES string of the molecule is CCNC1CCCCCCCCCCC1OC(C)(C)C. The number of likely N-dealkylation sites (N-methyl/N-ethyl adjacent to an activating group) is 1. The summed E-state index contributed by atoms with van der Waals surface area (Å²) in [5.41, 5.74) is -0.0323. The van der Waals surface area contributed by atoms with Crippen LogP contribution in [0.2, 0.25) is 0 Å². The molecule has 20 heavy (non-hydrogen) atoms. The highest BCUT2D eigenvalue weighted by Gasteiger charge is 2.26. The van der Waals surface area contributed by atoms with Crippen molar-refractivity contribution in [2.75, 3.05) is 6.54 Å². The Balaban J connectivity index is 2.61. The molecule has 0 spiro atoms. The fourth-order valence-electron chi connectivity index (χ4n) is 3.25. The summed E-state index contributed by atoms with van der Waals surface area (Å²) in [6.07, 6.45) is 14.0. The zero-order valence-electron chi connectivity index (χ0n) is 14.3. The third-order valence-electron chi connectivity index (χ3n) is 4.17. The molecule has 0 heterocycles. The molecule has 1 fully saturated rings. The molecule has 1 rings (SSSR count). The topological polar surface area (TPSA) is 21.3 Å². The summed E-state index contributed by atoms with van der Waals surface area (Å²) in [7, 11) is 0. The van der Waals surface area contributed by atoms with E-state index in [2.05, 4.69) is 33.0 Å². The lowest BCUT2D eigenvalue weighted by molar-refractivity contribution is -0.0803. The molecule has 0 aliphatic heterocycles. The monoisotopic (exact) mass is 283 g/mol. The van der Waals surface area contributed by atoms with E-state index in [1.54, 1.807) is 0 Å². The Morgan fingerprint density at radius 2 is 1.35 bits per heavy atom. The lowest BCUT2D eigenvalue weighted by Crippen LogP contribution is -2.44. The second-order valence-corrected chi connectivity index (χ2v) is 7.34. The Morgan fingerprint density at radius 1 is 0.850 bits per heavy atom. The molecule has 0 aromatic carbocycles. The van der Waals surface area contributed by atoms with Crippen molar-refractivity contribution in [2.24, 2.45) is 0 Å². The molecule has 1 aliphatic rings. The Kier molecular flexibility index (Phi) is 8.79. The lowest BCUT2D eigenvalue weighted by atomic mass is 9.95. The number of hydrogen-bond acceptors (Lipinski definition) is 2. The summed E-state index contributed by atoms with van der Waals surface area (Å²) in [6.45, 7) is 9.82. The molecule has 0 aromatic rings. The molecule has 1 saturated carbocycles. The fourth-order valence-corrected chi connectivity index (χ4v) is 3.25. The molecule has 120 valence electrons. The first-order valence-corrected chi connectivity index (χ1v) is 8.94. The lowest BCUT2D eigenvalue weighted by Gasteiger charge is -2.34. The van der Waals surface area contributed by atoms with Crippen LogP contribution in [0, 0.1) is 0 Å². The van der Waals surface area contributed by atoms with E-state index >= 15 is 0 Å². The predicted molar refractivity (Wildman–Crippen MR) is 88.3 cm³/mol. The van der Waals surface area contributed by atoms with Crippen LogP contribution in [0.1, 0.15) is 91.9 Å². The average molecular weight is 284 g/mol.